The second-order valence-corrected chi connectivity index (χ2v) is 6.23. The number of fused-ring (bicyclic) bond motifs is 1. The van der Waals surface area contributed by atoms with Gasteiger partial charge in [-0.3, -0.25) is 0 Å². The Labute approximate surface area is 143 Å². The Kier molecular flexibility index (Phi) is 5.49. The third-order valence-corrected chi connectivity index (χ3v) is 4.39. The normalized spacial score (nSPS) is 14.3. The number of benzene rings is 2. The molecule has 0 heterocycles. The lowest BCUT2D eigenvalue weighted by Crippen LogP contribution is -2.24. The summed E-state index contributed by atoms with van der Waals surface area (Å²) in [5.41, 5.74) is 12.3. The average Bonchev–Trinajstić information content (AvgIpc) is 2.61. The minimum absolute atomic E-state index is 0.464. The second kappa shape index (κ2) is 7.97. The topological polar surface area (TPSA) is 59.6 Å². The number of aryl methyl sites for hydroxylation is 1. The van der Waals surface area contributed by atoms with Gasteiger partial charge in [0, 0.05) is 12.8 Å². The first-order chi connectivity index (χ1) is 11.8. The molecular weight excluding hydrogens is 298 g/mol. The molecule has 0 saturated heterocycles. The van der Waals surface area contributed by atoms with Crippen LogP contribution in [0.25, 0.3) is 0 Å². The van der Waals surface area contributed by atoms with E-state index in [0.29, 0.717) is 19.1 Å². The molecule has 0 bridgehead atoms. The van der Waals surface area contributed by atoms with Crippen LogP contribution in [0.3, 0.4) is 0 Å². The van der Waals surface area contributed by atoms with Gasteiger partial charge < -0.3 is 15.8 Å². The van der Waals surface area contributed by atoms with Gasteiger partial charge in [-0.25, -0.2) is 4.99 Å². The lowest BCUT2D eigenvalue weighted by molar-refractivity contribution is 0.185. The molecule has 1 aliphatic carbocycles. The van der Waals surface area contributed by atoms with Crippen molar-refractivity contribution in [3.8, 4) is 0 Å². The fourth-order valence-corrected chi connectivity index (χ4v) is 3.24. The number of ether oxygens (including phenoxy) is 1. The van der Waals surface area contributed by atoms with Crippen LogP contribution in [-0.4, -0.2) is 13.1 Å². The highest BCUT2D eigenvalue weighted by Crippen LogP contribution is 2.27. The zero-order valence-corrected chi connectivity index (χ0v) is 14.2. The monoisotopic (exact) mass is 323 g/mol. The summed E-state index contributed by atoms with van der Waals surface area (Å²) in [6.07, 6.45) is 4.80. The molecule has 0 aliphatic heterocycles. The molecule has 0 saturated carbocycles. The fourth-order valence-electron chi connectivity index (χ4n) is 3.24. The van der Waals surface area contributed by atoms with Gasteiger partial charge in [-0.2, -0.15) is 0 Å². The van der Waals surface area contributed by atoms with Crippen LogP contribution in [0, 0.1) is 0 Å². The minimum Gasteiger partial charge on any atom is -0.380 e. The molecule has 1 aliphatic rings. The van der Waals surface area contributed by atoms with E-state index in [-0.39, 0.29) is 0 Å². The number of aliphatic imine (C=N–C) groups is 1. The summed E-state index contributed by atoms with van der Waals surface area (Å²) in [5, 5.41) is 3.28. The van der Waals surface area contributed by atoms with Crippen molar-refractivity contribution in [3.05, 3.63) is 64.7 Å². The van der Waals surface area contributed by atoms with Crippen LogP contribution in [0.2, 0.25) is 0 Å². The molecule has 2 aromatic carbocycles. The predicted octanol–water partition coefficient (Wildman–Crippen LogP) is 3.64. The molecule has 3 N–H and O–H groups in total. The van der Waals surface area contributed by atoms with Crippen molar-refractivity contribution in [1.82, 2.24) is 0 Å². The van der Waals surface area contributed by atoms with E-state index >= 15 is 0 Å². The zero-order chi connectivity index (χ0) is 16.8. The molecule has 0 fully saturated rings. The largest absolute Gasteiger partial charge is 0.380 e. The molecule has 4 nitrogen and oxygen atoms in total. The molecule has 0 radical (unpaired) electrons. The van der Waals surface area contributed by atoms with E-state index in [1.54, 1.807) is 7.11 Å². The number of guanidine groups is 1. The van der Waals surface area contributed by atoms with Crippen LogP contribution < -0.4 is 11.1 Å². The van der Waals surface area contributed by atoms with E-state index in [9.17, 15) is 0 Å². The van der Waals surface area contributed by atoms with Gasteiger partial charge in [0.2, 0.25) is 0 Å². The van der Waals surface area contributed by atoms with Crippen LogP contribution in [-0.2, 0) is 30.7 Å². The van der Waals surface area contributed by atoms with E-state index in [4.69, 9.17) is 10.5 Å². The lowest BCUT2D eigenvalue weighted by atomic mass is 9.90. The molecule has 0 amide bonds. The third-order valence-electron chi connectivity index (χ3n) is 4.39. The van der Waals surface area contributed by atoms with Crippen molar-refractivity contribution in [2.24, 2.45) is 10.7 Å². The Balaban J connectivity index is 1.68. The number of methoxy groups -OCH3 is 1. The summed E-state index contributed by atoms with van der Waals surface area (Å²) >= 11 is 0. The number of hydrogen-bond acceptors (Lipinski definition) is 2. The molecule has 0 aromatic heterocycles. The number of nitrogens with zero attached hydrogens (tertiary/aromatic N) is 1. The Bertz CT molecular complexity index is 725. The predicted molar refractivity (Wildman–Crippen MR) is 99.2 cm³/mol. The van der Waals surface area contributed by atoms with Gasteiger partial charge in [0.15, 0.2) is 5.96 Å². The molecule has 4 heteroatoms. The van der Waals surface area contributed by atoms with Gasteiger partial charge >= 0.3 is 0 Å². The molecular formula is C20H25N3O. The van der Waals surface area contributed by atoms with Gasteiger partial charge in [-0.1, -0.05) is 36.4 Å². The first-order valence-electron chi connectivity index (χ1n) is 8.51. The summed E-state index contributed by atoms with van der Waals surface area (Å²) < 4.78 is 5.17. The molecule has 0 atom stereocenters. The van der Waals surface area contributed by atoms with Crippen molar-refractivity contribution >= 4 is 11.6 Å². The quantitative estimate of drug-likeness (QED) is 0.652. The number of hydrogen-bond donors (Lipinski definition) is 2. The van der Waals surface area contributed by atoms with Gasteiger partial charge in [0.1, 0.15) is 0 Å². The van der Waals surface area contributed by atoms with Crippen LogP contribution in [0.15, 0.2) is 47.5 Å². The van der Waals surface area contributed by atoms with E-state index in [0.717, 1.165) is 29.7 Å². The smallest absolute Gasteiger partial charge is 0.193 e. The Morgan fingerprint density at radius 3 is 2.79 bits per heavy atom. The van der Waals surface area contributed by atoms with Crippen molar-refractivity contribution in [3.63, 3.8) is 0 Å². The molecule has 0 spiro atoms. The van der Waals surface area contributed by atoms with Gasteiger partial charge in [0.05, 0.1) is 13.2 Å². The number of anilines is 1. The minimum atomic E-state index is 0.464. The number of nitrogens with one attached hydrogen (secondary N) is 1. The molecule has 24 heavy (non-hydrogen) atoms. The Hall–Kier alpha value is -2.33. The maximum atomic E-state index is 6.10. The maximum Gasteiger partial charge on any atom is 0.193 e. The molecule has 3 rings (SSSR count). The summed E-state index contributed by atoms with van der Waals surface area (Å²) in [7, 11) is 1.70. The number of nitrogens with two attached hydrogens (primary N) is 1. The summed E-state index contributed by atoms with van der Waals surface area (Å²) in [6, 6.07) is 14.6. The Morgan fingerprint density at radius 2 is 1.92 bits per heavy atom. The van der Waals surface area contributed by atoms with E-state index in [1.807, 2.05) is 6.07 Å². The highest BCUT2D eigenvalue weighted by molar-refractivity contribution is 5.93. The van der Waals surface area contributed by atoms with Crippen molar-refractivity contribution in [2.45, 2.75) is 38.8 Å². The van der Waals surface area contributed by atoms with E-state index < -0.39 is 0 Å². The Morgan fingerprint density at radius 1 is 1.12 bits per heavy atom. The highest BCUT2D eigenvalue weighted by atomic mass is 16.5. The first kappa shape index (κ1) is 16.5. The van der Waals surface area contributed by atoms with Gasteiger partial charge in [-0.05, 0) is 54.0 Å². The van der Waals surface area contributed by atoms with Gasteiger partial charge in [-0.15, -0.1) is 0 Å². The summed E-state index contributed by atoms with van der Waals surface area (Å²) in [6.45, 7) is 1.17. The lowest BCUT2D eigenvalue weighted by Gasteiger charge is -2.19. The maximum absolute atomic E-state index is 6.10. The van der Waals surface area contributed by atoms with Crippen LogP contribution in [0.4, 0.5) is 5.69 Å². The van der Waals surface area contributed by atoms with Gasteiger partial charge in [0.25, 0.3) is 0 Å². The molecule has 126 valence electrons. The van der Waals surface area contributed by atoms with Crippen molar-refractivity contribution in [1.29, 1.82) is 0 Å². The van der Waals surface area contributed by atoms with Crippen molar-refractivity contribution < 1.29 is 4.74 Å². The second-order valence-electron chi connectivity index (χ2n) is 6.23. The standard InChI is InChI=1S/C20H25N3O/c1-24-14-16-7-4-6-15(12-16)13-22-20(21)23-19-11-5-9-17-8-2-3-10-18(17)19/h4-7,9,11-12H,2-3,8,10,13-14H2,1H3,(H3,21,22,23). The fraction of sp³-hybridized carbons (Fsp3) is 0.350. The third kappa shape index (κ3) is 4.15. The van der Waals surface area contributed by atoms with Crippen LogP contribution in [0.5, 0.6) is 0 Å². The van der Waals surface area contributed by atoms with E-state index in [2.05, 4.69) is 46.7 Å². The summed E-state index contributed by atoms with van der Waals surface area (Å²) in [4.78, 5) is 4.48. The van der Waals surface area contributed by atoms with E-state index in [1.165, 1.54) is 24.0 Å². The summed E-state index contributed by atoms with van der Waals surface area (Å²) in [5.74, 6) is 0.464. The average molecular weight is 323 g/mol. The SMILES string of the molecule is COCc1cccc(CN=C(N)Nc2cccc3c2CCCC3)c1. The molecule has 2 aromatic rings. The van der Waals surface area contributed by atoms with Crippen LogP contribution >= 0.6 is 0 Å². The zero-order valence-electron chi connectivity index (χ0n) is 14.2. The van der Waals surface area contributed by atoms with Crippen LogP contribution in [0.1, 0.15) is 35.1 Å². The first-order valence-corrected chi connectivity index (χ1v) is 8.51. The highest BCUT2D eigenvalue weighted by Gasteiger charge is 2.13. The number of rotatable bonds is 5. The van der Waals surface area contributed by atoms with Crippen molar-refractivity contribution in [2.75, 3.05) is 12.4 Å². The molecule has 0 unspecified atom stereocenters.